The lowest BCUT2D eigenvalue weighted by atomic mass is 10.1. The maximum Gasteiger partial charge on any atom is 0.251 e. The smallest absolute Gasteiger partial charge is 0.251 e. The molecule has 2 N–H and O–H groups in total. The summed E-state index contributed by atoms with van der Waals surface area (Å²) in [6.45, 7) is -0.300. The molecule has 35 heavy (non-hydrogen) atoms. The van der Waals surface area contributed by atoms with Crippen LogP contribution in [0.15, 0.2) is 60.9 Å². The van der Waals surface area contributed by atoms with Gasteiger partial charge < -0.3 is 24.6 Å². The summed E-state index contributed by atoms with van der Waals surface area (Å²) in [5, 5.41) is 15.9. The van der Waals surface area contributed by atoms with Gasteiger partial charge in [-0.1, -0.05) is 6.07 Å². The minimum Gasteiger partial charge on any atom is -0.494 e. The predicted molar refractivity (Wildman–Crippen MR) is 127 cm³/mol. The van der Waals surface area contributed by atoms with Crippen molar-refractivity contribution >= 4 is 17.2 Å². The van der Waals surface area contributed by atoms with Gasteiger partial charge in [0.05, 0.1) is 39.1 Å². The van der Waals surface area contributed by atoms with Crippen LogP contribution in [0.2, 0.25) is 0 Å². The van der Waals surface area contributed by atoms with Crippen molar-refractivity contribution in [2.45, 2.75) is 0 Å². The average molecular weight is 476 g/mol. The van der Waals surface area contributed by atoms with E-state index in [4.69, 9.17) is 19.3 Å². The van der Waals surface area contributed by atoms with E-state index in [2.05, 4.69) is 15.4 Å². The van der Waals surface area contributed by atoms with Gasteiger partial charge in [-0.3, -0.25) is 9.59 Å². The number of nitrogens with zero attached hydrogens (tertiary/aromatic N) is 3. The SMILES string of the molecule is COc1cc(C(=O)NCC(=O)c2ccc(OC)c(-c3cnn4ccccc34)n2)ccc1OCCO. The highest BCUT2D eigenvalue weighted by molar-refractivity contribution is 6.02. The lowest BCUT2D eigenvalue weighted by Crippen LogP contribution is -2.30. The molecule has 4 rings (SSSR count). The van der Waals surface area contributed by atoms with E-state index in [0.717, 1.165) is 11.1 Å². The fraction of sp³-hybridized carbons (Fsp3) is 0.200. The first-order chi connectivity index (χ1) is 17.0. The molecule has 0 aliphatic carbocycles. The van der Waals surface area contributed by atoms with Gasteiger partial charge in [0.2, 0.25) is 0 Å². The largest absolute Gasteiger partial charge is 0.494 e. The number of aliphatic hydroxyl groups is 1. The van der Waals surface area contributed by atoms with Crippen LogP contribution in [0.1, 0.15) is 20.8 Å². The minimum absolute atomic E-state index is 0.0997. The number of rotatable bonds is 10. The van der Waals surface area contributed by atoms with Crippen LogP contribution in [0.25, 0.3) is 16.8 Å². The molecule has 4 aromatic rings. The number of ether oxygens (including phenoxy) is 3. The second kappa shape index (κ2) is 10.7. The van der Waals surface area contributed by atoms with Crippen LogP contribution in [0.5, 0.6) is 17.2 Å². The number of methoxy groups -OCH3 is 2. The fourth-order valence-electron chi connectivity index (χ4n) is 3.51. The van der Waals surface area contributed by atoms with Crippen LogP contribution in [-0.2, 0) is 0 Å². The van der Waals surface area contributed by atoms with Crippen molar-refractivity contribution in [3.63, 3.8) is 0 Å². The number of hydrogen-bond acceptors (Lipinski definition) is 8. The van der Waals surface area contributed by atoms with Gasteiger partial charge in [-0.25, -0.2) is 9.50 Å². The van der Waals surface area contributed by atoms with Crippen LogP contribution >= 0.6 is 0 Å². The first-order valence-corrected chi connectivity index (χ1v) is 10.8. The highest BCUT2D eigenvalue weighted by Gasteiger charge is 2.18. The van der Waals surface area contributed by atoms with E-state index in [0.29, 0.717) is 28.5 Å². The Bertz CT molecular complexity index is 1370. The van der Waals surface area contributed by atoms with Gasteiger partial charge in [-0.05, 0) is 42.5 Å². The summed E-state index contributed by atoms with van der Waals surface area (Å²) in [6, 6.07) is 13.5. The number of hydrogen-bond donors (Lipinski definition) is 2. The highest BCUT2D eigenvalue weighted by Crippen LogP contribution is 2.31. The summed E-state index contributed by atoms with van der Waals surface area (Å²) in [5.41, 5.74) is 2.49. The van der Waals surface area contributed by atoms with Crippen LogP contribution in [0, 0.1) is 0 Å². The van der Waals surface area contributed by atoms with E-state index in [1.165, 1.54) is 20.3 Å². The van der Waals surface area contributed by atoms with E-state index in [1.807, 2.05) is 24.4 Å². The average Bonchev–Trinajstić information content (AvgIpc) is 3.33. The fourth-order valence-corrected chi connectivity index (χ4v) is 3.51. The number of aromatic nitrogens is 3. The number of nitrogens with one attached hydrogen (secondary N) is 1. The summed E-state index contributed by atoms with van der Waals surface area (Å²) in [7, 11) is 2.98. The van der Waals surface area contributed by atoms with E-state index >= 15 is 0 Å². The number of carbonyl (C=O) groups is 2. The van der Waals surface area contributed by atoms with E-state index in [1.54, 1.807) is 35.0 Å². The molecule has 0 saturated carbocycles. The zero-order valence-corrected chi connectivity index (χ0v) is 19.2. The molecule has 0 aliphatic heterocycles. The van der Waals surface area contributed by atoms with Crippen molar-refractivity contribution in [1.29, 1.82) is 0 Å². The van der Waals surface area contributed by atoms with Gasteiger partial charge in [0.15, 0.2) is 17.3 Å². The third-order valence-corrected chi connectivity index (χ3v) is 5.23. The molecule has 0 atom stereocenters. The Morgan fingerprint density at radius 1 is 1.03 bits per heavy atom. The van der Waals surface area contributed by atoms with Gasteiger partial charge in [0.1, 0.15) is 23.7 Å². The molecule has 1 amide bonds. The Hall–Kier alpha value is -4.44. The molecule has 0 unspecified atom stereocenters. The first kappa shape index (κ1) is 23.7. The zero-order chi connectivity index (χ0) is 24.8. The van der Waals surface area contributed by atoms with Crippen molar-refractivity contribution in [3.05, 3.63) is 72.2 Å². The Labute approximate surface area is 201 Å². The molecular weight excluding hydrogens is 452 g/mol. The Kier molecular flexibility index (Phi) is 7.22. The van der Waals surface area contributed by atoms with Crippen LogP contribution in [-0.4, -0.2) is 65.4 Å². The van der Waals surface area contributed by atoms with Crippen molar-refractivity contribution in [1.82, 2.24) is 19.9 Å². The van der Waals surface area contributed by atoms with Crippen LogP contribution in [0.4, 0.5) is 0 Å². The molecule has 0 saturated heterocycles. The molecule has 0 aliphatic rings. The predicted octanol–water partition coefficient (Wildman–Crippen LogP) is 2.40. The van der Waals surface area contributed by atoms with Gasteiger partial charge in [0.25, 0.3) is 5.91 Å². The lowest BCUT2D eigenvalue weighted by Gasteiger charge is -2.12. The number of pyridine rings is 2. The third-order valence-electron chi connectivity index (χ3n) is 5.23. The molecule has 0 spiro atoms. The van der Waals surface area contributed by atoms with Crippen molar-refractivity contribution in [2.24, 2.45) is 0 Å². The summed E-state index contributed by atoms with van der Waals surface area (Å²) in [5.74, 6) is 0.416. The normalized spacial score (nSPS) is 10.7. The van der Waals surface area contributed by atoms with Crippen molar-refractivity contribution < 1.29 is 28.9 Å². The molecule has 3 aromatic heterocycles. The molecule has 1 aromatic carbocycles. The maximum atomic E-state index is 12.9. The number of amides is 1. The maximum absolute atomic E-state index is 12.9. The molecule has 0 fully saturated rings. The molecule has 180 valence electrons. The summed E-state index contributed by atoms with van der Waals surface area (Å²) < 4.78 is 17.8. The molecule has 3 heterocycles. The van der Waals surface area contributed by atoms with E-state index in [9.17, 15) is 9.59 Å². The van der Waals surface area contributed by atoms with Gasteiger partial charge >= 0.3 is 0 Å². The van der Waals surface area contributed by atoms with Gasteiger partial charge in [0, 0.05) is 17.3 Å². The van der Waals surface area contributed by atoms with E-state index < -0.39 is 5.91 Å². The lowest BCUT2D eigenvalue weighted by molar-refractivity contribution is 0.0902. The topological polar surface area (TPSA) is 124 Å². The van der Waals surface area contributed by atoms with Gasteiger partial charge in [-0.2, -0.15) is 5.10 Å². The molecule has 0 bridgehead atoms. The Balaban J connectivity index is 1.51. The number of ketones is 1. The van der Waals surface area contributed by atoms with Gasteiger partial charge in [-0.15, -0.1) is 0 Å². The Morgan fingerprint density at radius 3 is 2.60 bits per heavy atom. The monoisotopic (exact) mass is 476 g/mol. The summed E-state index contributed by atoms with van der Waals surface area (Å²) >= 11 is 0. The number of aliphatic hydroxyl groups excluding tert-OH is 1. The second-order valence-corrected chi connectivity index (χ2v) is 7.38. The zero-order valence-electron chi connectivity index (χ0n) is 19.2. The highest BCUT2D eigenvalue weighted by atomic mass is 16.5. The Morgan fingerprint density at radius 2 is 1.83 bits per heavy atom. The van der Waals surface area contributed by atoms with Crippen LogP contribution < -0.4 is 19.5 Å². The first-order valence-electron chi connectivity index (χ1n) is 10.8. The number of benzene rings is 1. The molecule has 10 heteroatoms. The van der Waals surface area contributed by atoms with Crippen molar-refractivity contribution in [3.8, 4) is 28.5 Å². The number of carbonyl (C=O) groups excluding carboxylic acids is 2. The molecule has 10 nitrogen and oxygen atoms in total. The standard InChI is InChI=1S/C25H24N4O6/c1-33-22-9-7-18(28-24(22)17-14-27-29-10-4-3-5-19(17)29)20(31)15-26-25(32)16-6-8-21(35-12-11-30)23(13-16)34-2/h3-10,13-14,30H,11-12,15H2,1-2H3,(H,26,32). The summed E-state index contributed by atoms with van der Waals surface area (Å²) in [6.07, 6.45) is 3.48. The molecule has 0 radical (unpaired) electrons. The number of Topliss-reactive ketones (excluding diaryl/α,β-unsaturated/α-hetero) is 1. The quantitative estimate of drug-likeness (QED) is 0.335. The minimum atomic E-state index is -0.457. The van der Waals surface area contributed by atoms with E-state index in [-0.39, 0.29) is 31.2 Å². The summed E-state index contributed by atoms with van der Waals surface area (Å²) in [4.78, 5) is 30.0. The van der Waals surface area contributed by atoms with Crippen LogP contribution in [0.3, 0.4) is 0 Å². The molecular formula is C25H24N4O6. The number of fused-ring (bicyclic) bond motifs is 1. The second-order valence-electron chi connectivity index (χ2n) is 7.38. The third kappa shape index (κ3) is 5.07. The van der Waals surface area contributed by atoms with Crippen molar-refractivity contribution in [2.75, 3.05) is 34.0 Å².